The smallest absolute Gasteiger partial charge is 0.410 e. The summed E-state index contributed by atoms with van der Waals surface area (Å²) in [6.07, 6.45) is 0.674. The van der Waals surface area contributed by atoms with Crippen molar-refractivity contribution in [2.24, 2.45) is 5.92 Å². The molecule has 3 unspecified atom stereocenters. The van der Waals surface area contributed by atoms with Crippen LogP contribution in [0.25, 0.3) is 0 Å². The van der Waals surface area contributed by atoms with E-state index in [9.17, 15) is 4.79 Å². The van der Waals surface area contributed by atoms with Gasteiger partial charge in [0.15, 0.2) is 0 Å². The third-order valence-corrected chi connectivity index (χ3v) is 5.91. The number of nitrogens with zero attached hydrogens (tertiary/aromatic N) is 1. The Labute approximate surface area is 167 Å². The highest BCUT2D eigenvalue weighted by Crippen LogP contribution is 2.47. The molecule has 0 radical (unpaired) electrons. The lowest BCUT2D eigenvalue weighted by Crippen LogP contribution is -2.43. The maximum absolute atomic E-state index is 12.9. The quantitative estimate of drug-likeness (QED) is 0.770. The summed E-state index contributed by atoms with van der Waals surface area (Å²) in [5.74, 6) is 0.302. The van der Waals surface area contributed by atoms with Crippen molar-refractivity contribution in [3.8, 4) is 0 Å². The van der Waals surface area contributed by atoms with Gasteiger partial charge in [-0.25, -0.2) is 4.79 Å². The number of ether oxygens (including phenoxy) is 2. The first-order valence-corrected chi connectivity index (χ1v) is 9.99. The van der Waals surface area contributed by atoms with E-state index >= 15 is 0 Å². The molecule has 2 heterocycles. The van der Waals surface area contributed by atoms with Crippen LogP contribution in [0.1, 0.15) is 23.6 Å². The summed E-state index contributed by atoms with van der Waals surface area (Å²) in [5.41, 5.74) is 3.19. The summed E-state index contributed by atoms with van der Waals surface area (Å²) in [5, 5.41) is 3.59. The first-order chi connectivity index (χ1) is 13.2. The summed E-state index contributed by atoms with van der Waals surface area (Å²) < 4.78 is 12.1. The minimum atomic E-state index is -0.254. The molecule has 142 valence electrons. The Kier molecular flexibility index (Phi) is 5.36. The highest BCUT2D eigenvalue weighted by molar-refractivity contribution is 9.10. The maximum Gasteiger partial charge on any atom is 0.410 e. The fourth-order valence-corrected chi connectivity index (χ4v) is 4.58. The predicted molar refractivity (Wildman–Crippen MR) is 108 cm³/mol. The first-order valence-electron chi connectivity index (χ1n) is 9.19. The molecule has 1 saturated heterocycles. The Bertz CT molecular complexity index is 814. The molecule has 0 aliphatic carbocycles. The monoisotopic (exact) mass is 430 g/mol. The molecule has 0 aromatic heterocycles. The van der Waals surface area contributed by atoms with Crippen molar-refractivity contribution in [1.29, 1.82) is 0 Å². The molecule has 2 aromatic carbocycles. The SMILES string of the molecule is COCC1Nc2ccc(Br)cc2C2C1CCN2C(=O)OCc1ccccc1. The lowest BCUT2D eigenvalue weighted by atomic mass is 9.83. The molecule has 2 aromatic rings. The molecular weight excluding hydrogens is 408 g/mol. The molecule has 27 heavy (non-hydrogen) atoms. The lowest BCUT2D eigenvalue weighted by molar-refractivity contribution is 0.0824. The van der Waals surface area contributed by atoms with Gasteiger partial charge in [-0.05, 0) is 35.7 Å². The van der Waals surface area contributed by atoms with Gasteiger partial charge in [-0.15, -0.1) is 0 Å². The standard InChI is InChI=1S/C21H23BrN2O3/c1-26-13-19-16-9-10-24(21(25)27-12-14-5-3-2-4-6-14)20(16)17-11-15(22)7-8-18(17)23-19/h2-8,11,16,19-20,23H,9-10,12-13H2,1H3. The zero-order valence-corrected chi connectivity index (χ0v) is 16.8. The van der Waals surface area contributed by atoms with Crippen LogP contribution in [0.15, 0.2) is 53.0 Å². The number of amides is 1. The van der Waals surface area contributed by atoms with Crippen molar-refractivity contribution in [2.45, 2.75) is 25.1 Å². The molecule has 1 N–H and O–H groups in total. The van der Waals surface area contributed by atoms with Gasteiger partial charge < -0.3 is 19.7 Å². The number of fused-ring (bicyclic) bond motifs is 3. The van der Waals surface area contributed by atoms with Crippen molar-refractivity contribution < 1.29 is 14.3 Å². The molecule has 0 saturated carbocycles. The van der Waals surface area contributed by atoms with E-state index in [1.807, 2.05) is 41.3 Å². The Morgan fingerprint density at radius 3 is 2.85 bits per heavy atom. The summed E-state index contributed by atoms with van der Waals surface area (Å²) in [6, 6.07) is 16.1. The highest BCUT2D eigenvalue weighted by atomic mass is 79.9. The predicted octanol–water partition coefficient (Wildman–Crippen LogP) is 4.59. The largest absolute Gasteiger partial charge is 0.445 e. The lowest BCUT2D eigenvalue weighted by Gasteiger charge is -2.39. The molecule has 6 heteroatoms. The second-order valence-corrected chi connectivity index (χ2v) is 7.98. The molecule has 0 bridgehead atoms. The van der Waals surface area contributed by atoms with Crippen LogP contribution in [0.4, 0.5) is 10.5 Å². The first kappa shape index (κ1) is 18.3. The van der Waals surface area contributed by atoms with Crippen molar-refractivity contribution >= 4 is 27.7 Å². The van der Waals surface area contributed by atoms with E-state index in [2.05, 4.69) is 33.4 Å². The van der Waals surface area contributed by atoms with E-state index in [0.717, 1.165) is 27.7 Å². The van der Waals surface area contributed by atoms with Crippen LogP contribution in [0, 0.1) is 5.92 Å². The van der Waals surface area contributed by atoms with Gasteiger partial charge in [0.25, 0.3) is 0 Å². The molecule has 1 fully saturated rings. The number of hydrogen-bond acceptors (Lipinski definition) is 4. The normalized spacial score (nSPS) is 23.3. The van der Waals surface area contributed by atoms with Crippen LogP contribution in [0.5, 0.6) is 0 Å². The minimum absolute atomic E-state index is 0.00201. The van der Waals surface area contributed by atoms with Crippen molar-refractivity contribution in [2.75, 3.05) is 25.6 Å². The summed E-state index contributed by atoms with van der Waals surface area (Å²) >= 11 is 3.56. The van der Waals surface area contributed by atoms with Gasteiger partial charge in [0.1, 0.15) is 6.61 Å². The third-order valence-electron chi connectivity index (χ3n) is 5.42. The van der Waals surface area contributed by atoms with Crippen LogP contribution in [0.2, 0.25) is 0 Å². The Morgan fingerprint density at radius 2 is 2.07 bits per heavy atom. The van der Waals surface area contributed by atoms with Gasteiger partial charge >= 0.3 is 6.09 Å². The van der Waals surface area contributed by atoms with Crippen LogP contribution in [-0.2, 0) is 16.1 Å². The Hall–Kier alpha value is -2.05. The Balaban J connectivity index is 1.57. The van der Waals surface area contributed by atoms with Crippen LogP contribution in [-0.4, -0.2) is 37.3 Å². The Morgan fingerprint density at radius 1 is 1.26 bits per heavy atom. The number of methoxy groups -OCH3 is 1. The number of carbonyl (C=O) groups excluding carboxylic acids is 1. The number of anilines is 1. The van der Waals surface area contributed by atoms with Crippen molar-refractivity contribution in [3.05, 3.63) is 64.1 Å². The van der Waals surface area contributed by atoms with E-state index in [1.165, 1.54) is 0 Å². The average Bonchev–Trinajstić information content (AvgIpc) is 3.13. The topological polar surface area (TPSA) is 50.8 Å². The van der Waals surface area contributed by atoms with Gasteiger partial charge in [-0.1, -0.05) is 46.3 Å². The number of halogens is 1. The second-order valence-electron chi connectivity index (χ2n) is 7.07. The van der Waals surface area contributed by atoms with Gasteiger partial charge in [0, 0.05) is 29.7 Å². The second kappa shape index (κ2) is 7.90. The fraction of sp³-hybridized carbons (Fsp3) is 0.381. The van der Waals surface area contributed by atoms with E-state index in [-0.39, 0.29) is 18.2 Å². The van der Waals surface area contributed by atoms with Crippen LogP contribution >= 0.6 is 15.9 Å². The molecule has 1 amide bonds. The molecule has 2 aliphatic rings. The summed E-state index contributed by atoms with van der Waals surface area (Å²) in [6.45, 7) is 1.60. The summed E-state index contributed by atoms with van der Waals surface area (Å²) in [7, 11) is 1.72. The zero-order valence-electron chi connectivity index (χ0n) is 15.2. The van der Waals surface area contributed by atoms with Gasteiger partial charge in [0.2, 0.25) is 0 Å². The van der Waals surface area contributed by atoms with E-state index in [4.69, 9.17) is 9.47 Å². The van der Waals surface area contributed by atoms with Gasteiger partial charge in [0.05, 0.1) is 18.7 Å². The minimum Gasteiger partial charge on any atom is -0.445 e. The summed E-state index contributed by atoms with van der Waals surface area (Å²) in [4.78, 5) is 14.8. The average molecular weight is 431 g/mol. The van der Waals surface area contributed by atoms with Crippen molar-refractivity contribution in [3.63, 3.8) is 0 Å². The number of carbonyl (C=O) groups is 1. The van der Waals surface area contributed by atoms with Crippen LogP contribution in [0.3, 0.4) is 0 Å². The van der Waals surface area contributed by atoms with Crippen LogP contribution < -0.4 is 5.32 Å². The fourth-order valence-electron chi connectivity index (χ4n) is 4.20. The highest BCUT2D eigenvalue weighted by Gasteiger charge is 2.46. The van der Waals surface area contributed by atoms with Crippen molar-refractivity contribution in [1.82, 2.24) is 4.90 Å². The molecule has 0 spiro atoms. The molecule has 3 atom stereocenters. The third kappa shape index (κ3) is 3.69. The maximum atomic E-state index is 12.9. The van der Waals surface area contributed by atoms with E-state index in [0.29, 0.717) is 25.7 Å². The number of rotatable bonds is 4. The van der Waals surface area contributed by atoms with E-state index < -0.39 is 0 Å². The number of benzene rings is 2. The van der Waals surface area contributed by atoms with Gasteiger partial charge in [-0.3, -0.25) is 0 Å². The number of nitrogens with one attached hydrogen (secondary N) is 1. The van der Waals surface area contributed by atoms with E-state index in [1.54, 1.807) is 7.11 Å². The van der Waals surface area contributed by atoms with Gasteiger partial charge in [-0.2, -0.15) is 0 Å². The molecule has 5 nitrogen and oxygen atoms in total. The molecule has 4 rings (SSSR count). The zero-order chi connectivity index (χ0) is 18.8. The number of likely N-dealkylation sites (tertiary alicyclic amines) is 1. The molecule has 2 aliphatic heterocycles. The molecular formula is C21H23BrN2O3. The number of hydrogen-bond donors (Lipinski definition) is 1.